The third-order valence-corrected chi connectivity index (χ3v) is 3.02. The summed E-state index contributed by atoms with van der Waals surface area (Å²) in [7, 11) is 0. The molecule has 1 rings (SSSR count). The number of hydrogen-bond donors (Lipinski definition) is 1. The second-order valence-electron chi connectivity index (χ2n) is 3.81. The van der Waals surface area contributed by atoms with Gasteiger partial charge in [-0.3, -0.25) is 4.79 Å². The van der Waals surface area contributed by atoms with Gasteiger partial charge in [0, 0.05) is 12.1 Å². The molecule has 17 heavy (non-hydrogen) atoms. The molecule has 0 bridgehead atoms. The van der Waals surface area contributed by atoms with Crippen LogP contribution in [0.3, 0.4) is 0 Å². The summed E-state index contributed by atoms with van der Waals surface area (Å²) >= 11 is 1.76. The molecule has 4 heteroatoms. The van der Waals surface area contributed by atoms with Crippen LogP contribution in [-0.2, 0) is 16.0 Å². The molecule has 0 aliphatic rings. The maximum absolute atomic E-state index is 11.4. The van der Waals surface area contributed by atoms with Crippen molar-refractivity contribution in [3.8, 4) is 0 Å². The van der Waals surface area contributed by atoms with E-state index in [4.69, 9.17) is 10.5 Å². The Labute approximate surface area is 107 Å². The third-order valence-electron chi connectivity index (χ3n) is 2.32. The fourth-order valence-corrected chi connectivity index (χ4v) is 1.86. The Bertz CT molecular complexity index is 355. The van der Waals surface area contributed by atoms with Gasteiger partial charge < -0.3 is 10.5 Å². The predicted molar refractivity (Wildman–Crippen MR) is 73.1 cm³/mol. The number of anilines is 1. The lowest BCUT2D eigenvalue weighted by Gasteiger charge is -2.04. The van der Waals surface area contributed by atoms with Crippen LogP contribution in [0.4, 0.5) is 5.69 Å². The first kappa shape index (κ1) is 13.9. The second kappa shape index (κ2) is 8.01. The smallest absolute Gasteiger partial charge is 0.306 e. The van der Waals surface area contributed by atoms with Gasteiger partial charge in [-0.25, -0.2) is 0 Å². The highest BCUT2D eigenvalue weighted by Gasteiger charge is 2.03. The SMILES string of the molecule is CSCCCOC(=O)CCc1cccc(N)c1. The molecule has 0 radical (unpaired) electrons. The van der Waals surface area contributed by atoms with Crippen molar-refractivity contribution in [2.45, 2.75) is 19.3 Å². The minimum Gasteiger partial charge on any atom is -0.466 e. The number of esters is 1. The molecule has 94 valence electrons. The number of carbonyl (C=O) groups is 1. The molecule has 1 aromatic carbocycles. The fourth-order valence-electron chi connectivity index (χ4n) is 1.46. The van der Waals surface area contributed by atoms with Crippen LogP contribution in [0.2, 0.25) is 0 Å². The predicted octanol–water partition coefficient (Wildman–Crippen LogP) is 2.50. The van der Waals surface area contributed by atoms with Gasteiger partial charge in [-0.1, -0.05) is 12.1 Å². The van der Waals surface area contributed by atoms with E-state index in [0.717, 1.165) is 23.4 Å². The number of rotatable bonds is 7. The van der Waals surface area contributed by atoms with Crippen LogP contribution in [0.1, 0.15) is 18.4 Å². The van der Waals surface area contributed by atoms with Crippen LogP contribution in [0, 0.1) is 0 Å². The normalized spacial score (nSPS) is 10.2. The van der Waals surface area contributed by atoms with E-state index in [-0.39, 0.29) is 5.97 Å². The molecule has 0 spiro atoms. The highest BCUT2D eigenvalue weighted by molar-refractivity contribution is 7.98. The van der Waals surface area contributed by atoms with Crippen LogP contribution in [0.5, 0.6) is 0 Å². The van der Waals surface area contributed by atoms with Crippen molar-refractivity contribution in [1.82, 2.24) is 0 Å². The van der Waals surface area contributed by atoms with Crippen molar-refractivity contribution in [3.05, 3.63) is 29.8 Å². The molecule has 0 aromatic heterocycles. The third kappa shape index (κ3) is 6.22. The quantitative estimate of drug-likeness (QED) is 0.461. The van der Waals surface area contributed by atoms with Crippen LogP contribution in [0.15, 0.2) is 24.3 Å². The number of ether oxygens (including phenoxy) is 1. The number of aryl methyl sites for hydroxylation is 1. The van der Waals surface area contributed by atoms with Crippen molar-refractivity contribution >= 4 is 23.4 Å². The number of carbonyl (C=O) groups excluding carboxylic acids is 1. The molecule has 2 N–H and O–H groups in total. The molecule has 0 fully saturated rings. The van der Waals surface area contributed by atoms with Crippen molar-refractivity contribution in [3.63, 3.8) is 0 Å². The average molecular weight is 253 g/mol. The van der Waals surface area contributed by atoms with E-state index in [1.165, 1.54) is 0 Å². The Hall–Kier alpha value is -1.16. The van der Waals surface area contributed by atoms with E-state index < -0.39 is 0 Å². The Balaban J connectivity index is 2.19. The lowest BCUT2D eigenvalue weighted by atomic mass is 10.1. The lowest BCUT2D eigenvalue weighted by Crippen LogP contribution is -2.07. The molecular formula is C13H19NO2S. The first-order chi connectivity index (χ1) is 8.22. The Morgan fingerprint density at radius 3 is 3.00 bits per heavy atom. The van der Waals surface area contributed by atoms with Gasteiger partial charge in [0.2, 0.25) is 0 Å². The Morgan fingerprint density at radius 1 is 1.47 bits per heavy atom. The zero-order valence-corrected chi connectivity index (χ0v) is 11.0. The summed E-state index contributed by atoms with van der Waals surface area (Å²) in [5, 5.41) is 0. The van der Waals surface area contributed by atoms with Gasteiger partial charge in [0.15, 0.2) is 0 Å². The van der Waals surface area contributed by atoms with Gasteiger partial charge >= 0.3 is 5.97 Å². The van der Waals surface area contributed by atoms with E-state index in [1.807, 2.05) is 30.5 Å². The van der Waals surface area contributed by atoms with Crippen molar-refractivity contribution in [1.29, 1.82) is 0 Å². The van der Waals surface area contributed by atoms with Crippen molar-refractivity contribution in [2.24, 2.45) is 0 Å². The molecule has 3 nitrogen and oxygen atoms in total. The van der Waals surface area contributed by atoms with E-state index in [0.29, 0.717) is 19.4 Å². The largest absolute Gasteiger partial charge is 0.466 e. The van der Waals surface area contributed by atoms with E-state index in [9.17, 15) is 4.79 Å². The molecule has 0 aliphatic carbocycles. The summed E-state index contributed by atoms with van der Waals surface area (Å²) in [6.07, 6.45) is 4.07. The van der Waals surface area contributed by atoms with Gasteiger partial charge in [0.25, 0.3) is 0 Å². The molecule has 0 aliphatic heterocycles. The van der Waals surface area contributed by atoms with E-state index in [1.54, 1.807) is 11.8 Å². The average Bonchev–Trinajstić information content (AvgIpc) is 2.32. The van der Waals surface area contributed by atoms with Crippen molar-refractivity contribution in [2.75, 3.05) is 24.3 Å². The number of benzene rings is 1. The monoisotopic (exact) mass is 253 g/mol. The molecule has 0 saturated heterocycles. The Kier molecular flexibility index (Phi) is 6.55. The summed E-state index contributed by atoms with van der Waals surface area (Å²) in [6, 6.07) is 7.59. The van der Waals surface area contributed by atoms with Gasteiger partial charge in [-0.2, -0.15) is 11.8 Å². The maximum Gasteiger partial charge on any atom is 0.306 e. The first-order valence-electron chi connectivity index (χ1n) is 5.71. The summed E-state index contributed by atoms with van der Waals surface area (Å²) in [5.41, 5.74) is 7.47. The molecule has 0 saturated carbocycles. The molecule has 0 unspecified atom stereocenters. The highest BCUT2D eigenvalue weighted by atomic mass is 32.2. The fraction of sp³-hybridized carbons (Fsp3) is 0.462. The van der Waals surface area contributed by atoms with Gasteiger partial charge in [-0.05, 0) is 42.5 Å². The molecule has 0 atom stereocenters. The number of thioether (sulfide) groups is 1. The summed E-state index contributed by atoms with van der Waals surface area (Å²) in [5.74, 6) is 0.899. The topological polar surface area (TPSA) is 52.3 Å². The van der Waals surface area contributed by atoms with Gasteiger partial charge in [0.05, 0.1) is 6.61 Å². The van der Waals surface area contributed by atoms with Crippen LogP contribution in [-0.4, -0.2) is 24.6 Å². The van der Waals surface area contributed by atoms with Gasteiger partial charge in [-0.15, -0.1) is 0 Å². The minimum atomic E-state index is -0.131. The molecule has 0 amide bonds. The van der Waals surface area contributed by atoms with E-state index in [2.05, 4.69) is 0 Å². The molecule has 1 aromatic rings. The number of nitrogen functional groups attached to an aromatic ring is 1. The lowest BCUT2D eigenvalue weighted by molar-refractivity contribution is -0.143. The zero-order chi connectivity index (χ0) is 12.5. The van der Waals surface area contributed by atoms with E-state index >= 15 is 0 Å². The van der Waals surface area contributed by atoms with Gasteiger partial charge in [0.1, 0.15) is 0 Å². The summed E-state index contributed by atoms with van der Waals surface area (Å²) < 4.78 is 5.11. The van der Waals surface area contributed by atoms with Crippen LogP contribution >= 0.6 is 11.8 Å². The standard InChI is InChI=1S/C13H19NO2S/c1-17-9-3-8-16-13(15)7-6-11-4-2-5-12(14)10-11/h2,4-5,10H,3,6-9,14H2,1H3. The maximum atomic E-state index is 11.4. The molecular weight excluding hydrogens is 234 g/mol. The highest BCUT2D eigenvalue weighted by Crippen LogP contribution is 2.09. The number of nitrogens with two attached hydrogens (primary N) is 1. The number of hydrogen-bond acceptors (Lipinski definition) is 4. The summed E-state index contributed by atoms with van der Waals surface area (Å²) in [6.45, 7) is 0.524. The summed E-state index contributed by atoms with van der Waals surface area (Å²) in [4.78, 5) is 11.4. The molecule has 0 heterocycles. The second-order valence-corrected chi connectivity index (χ2v) is 4.80. The van der Waals surface area contributed by atoms with Crippen LogP contribution < -0.4 is 5.73 Å². The Morgan fingerprint density at radius 2 is 2.29 bits per heavy atom. The van der Waals surface area contributed by atoms with Crippen LogP contribution in [0.25, 0.3) is 0 Å². The zero-order valence-electron chi connectivity index (χ0n) is 10.1. The first-order valence-corrected chi connectivity index (χ1v) is 7.10. The minimum absolute atomic E-state index is 0.131. The van der Waals surface area contributed by atoms with Crippen molar-refractivity contribution < 1.29 is 9.53 Å².